The predicted octanol–water partition coefficient (Wildman–Crippen LogP) is 2.22. The Morgan fingerprint density at radius 2 is 1.89 bits per heavy atom. The molecule has 6 heteroatoms. The van der Waals surface area contributed by atoms with E-state index in [1.807, 2.05) is 0 Å². The minimum Gasteiger partial charge on any atom is -0.352 e. The Morgan fingerprint density at radius 3 is 2.53 bits per heavy atom. The van der Waals surface area contributed by atoms with Gasteiger partial charge in [0.2, 0.25) is 5.91 Å². The van der Waals surface area contributed by atoms with Gasteiger partial charge in [-0.05, 0) is 44.6 Å². The van der Waals surface area contributed by atoms with Crippen molar-refractivity contribution in [3.8, 4) is 0 Å². The van der Waals surface area contributed by atoms with Crippen molar-refractivity contribution in [3.05, 3.63) is 0 Å². The van der Waals surface area contributed by atoms with E-state index in [2.05, 4.69) is 10.6 Å². The lowest BCUT2D eigenvalue weighted by Gasteiger charge is -2.31. The van der Waals surface area contributed by atoms with Crippen molar-refractivity contribution in [1.82, 2.24) is 10.6 Å². The van der Waals surface area contributed by atoms with Gasteiger partial charge < -0.3 is 10.6 Å². The third kappa shape index (κ3) is 5.01. The number of hydrogen-bond donors (Lipinski definition) is 2. The van der Waals surface area contributed by atoms with Crippen LogP contribution in [0, 0.1) is 11.8 Å². The van der Waals surface area contributed by atoms with Gasteiger partial charge >= 0.3 is 6.18 Å². The molecule has 0 aliphatic heterocycles. The first-order valence-electron chi connectivity index (χ1n) is 7.02. The molecule has 2 unspecified atom stereocenters. The van der Waals surface area contributed by atoms with Crippen molar-refractivity contribution < 1.29 is 18.0 Å². The predicted molar refractivity (Wildman–Crippen MR) is 65.5 cm³/mol. The van der Waals surface area contributed by atoms with Crippen LogP contribution in [0.2, 0.25) is 0 Å². The van der Waals surface area contributed by atoms with Crippen molar-refractivity contribution >= 4 is 5.91 Å². The van der Waals surface area contributed by atoms with E-state index in [0.29, 0.717) is 18.8 Å². The highest BCUT2D eigenvalue weighted by molar-refractivity contribution is 5.78. The molecule has 2 aliphatic carbocycles. The Bertz CT molecular complexity index is 316. The number of halogens is 3. The fraction of sp³-hybridized carbons (Fsp3) is 0.923. The summed E-state index contributed by atoms with van der Waals surface area (Å²) in [5, 5.41) is 5.76. The quantitative estimate of drug-likeness (QED) is 0.809. The summed E-state index contributed by atoms with van der Waals surface area (Å²) in [7, 11) is 0. The second kappa shape index (κ2) is 6.11. The molecule has 0 bridgehead atoms. The Hall–Kier alpha value is -0.780. The van der Waals surface area contributed by atoms with Crippen LogP contribution in [-0.4, -0.2) is 31.2 Å². The number of amides is 1. The summed E-state index contributed by atoms with van der Waals surface area (Å²) < 4.78 is 37.9. The van der Waals surface area contributed by atoms with Crippen LogP contribution < -0.4 is 10.6 Å². The second-order valence-corrected chi connectivity index (χ2v) is 5.74. The smallest absolute Gasteiger partial charge is 0.352 e. The molecule has 2 aliphatic rings. The van der Waals surface area contributed by atoms with Crippen LogP contribution >= 0.6 is 0 Å². The van der Waals surface area contributed by atoms with E-state index < -0.39 is 12.1 Å². The average Bonchev–Trinajstić information content (AvgIpc) is 3.12. The summed E-state index contributed by atoms with van der Waals surface area (Å²) in [6.45, 7) is 1.05. The number of rotatable bonds is 5. The molecule has 2 fully saturated rings. The zero-order chi connectivity index (χ0) is 13.9. The monoisotopic (exact) mass is 278 g/mol. The van der Waals surface area contributed by atoms with Gasteiger partial charge in [-0.3, -0.25) is 4.79 Å². The van der Waals surface area contributed by atoms with E-state index in [9.17, 15) is 18.0 Å². The fourth-order valence-electron chi connectivity index (χ4n) is 2.61. The van der Waals surface area contributed by atoms with Crippen molar-refractivity contribution in [2.75, 3.05) is 13.1 Å². The Kier molecular flexibility index (Phi) is 4.71. The molecule has 2 saturated carbocycles. The molecule has 2 N–H and O–H groups in total. The molecule has 0 aromatic carbocycles. The molecule has 0 spiro atoms. The SMILES string of the molecule is O=C(CNCC1CC1)NC1CCCC(C(F)(F)F)C1. The highest BCUT2D eigenvalue weighted by atomic mass is 19.4. The number of hydrogen-bond acceptors (Lipinski definition) is 2. The molecule has 110 valence electrons. The van der Waals surface area contributed by atoms with E-state index in [4.69, 9.17) is 0 Å². The number of nitrogens with one attached hydrogen (secondary N) is 2. The number of carbonyl (C=O) groups excluding carboxylic acids is 1. The van der Waals surface area contributed by atoms with Crippen LogP contribution in [0.4, 0.5) is 13.2 Å². The minimum atomic E-state index is -4.13. The van der Waals surface area contributed by atoms with Gasteiger partial charge in [0.25, 0.3) is 0 Å². The summed E-state index contributed by atoms with van der Waals surface area (Å²) in [5.74, 6) is -0.753. The van der Waals surface area contributed by atoms with Gasteiger partial charge in [0.15, 0.2) is 0 Å². The van der Waals surface area contributed by atoms with Crippen LogP contribution in [-0.2, 0) is 4.79 Å². The maximum absolute atomic E-state index is 12.6. The van der Waals surface area contributed by atoms with E-state index >= 15 is 0 Å². The topological polar surface area (TPSA) is 41.1 Å². The third-order valence-electron chi connectivity index (χ3n) is 3.92. The lowest BCUT2D eigenvalue weighted by Crippen LogP contribution is -2.44. The minimum absolute atomic E-state index is 0.0257. The van der Waals surface area contributed by atoms with E-state index in [1.54, 1.807) is 0 Å². The normalized spacial score (nSPS) is 28.2. The highest BCUT2D eigenvalue weighted by Crippen LogP contribution is 2.37. The van der Waals surface area contributed by atoms with Gasteiger partial charge in [-0.25, -0.2) is 0 Å². The van der Waals surface area contributed by atoms with Crippen molar-refractivity contribution in [1.29, 1.82) is 0 Å². The first-order valence-corrected chi connectivity index (χ1v) is 7.02. The van der Waals surface area contributed by atoms with E-state index in [-0.39, 0.29) is 31.3 Å². The van der Waals surface area contributed by atoms with Crippen LogP contribution in [0.25, 0.3) is 0 Å². The zero-order valence-electron chi connectivity index (χ0n) is 10.9. The molecule has 19 heavy (non-hydrogen) atoms. The second-order valence-electron chi connectivity index (χ2n) is 5.74. The molecular weight excluding hydrogens is 257 g/mol. The fourth-order valence-corrected chi connectivity index (χ4v) is 2.61. The van der Waals surface area contributed by atoms with Gasteiger partial charge in [0.05, 0.1) is 12.5 Å². The molecule has 0 aromatic rings. The third-order valence-corrected chi connectivity index (χ3v) is 3.92. The van der Waals surface area contributed by atoms with Crippen LogP contribution in [0.1, 0.15) is 38.5 Å². The molecule has 0 radical (unpaired) electrons. The Morgan fingerprint density at radius 1 is 1.16 bits per heavy atom. The van der Waals surface area contributed by atoms with Crippen molar-refractivity contribution in [3.63, 3.8) is 0 Å². The molecule has 2 atom stereocenters. The lowest BCUT2D eigenvalue weighted by molar-refractivity contribution is -0.184. The maximum atomic E-state index is 12.6. The Labute approximate surface area is 111 Å². The summed E-state index contributed by atoms with van der Waals surface area (Å²) in [6.07, 6.45) is -0.304. The van der Waals surface area contributed by atoms with Gasteiger partial charge in [-0.15, -0.1) is 0 Å². The summed E-state index contributed by atoms with van der Waals surface area (Å²) >= 11 is 0. The molecule has 0 saturated heterocycles. The lowest BCUT2D eigenvalue weighted by atomic mass is 9.85. The van der Waals surface area contributed by atoms with Gasteiger partial charge in [0, 0.05) is 6.04 Å². The van der Waals surface area contributed by atoms with Gasteiger partial charge in [-0.2, -0.15) is 13.2 Å². The van der Waals surface area contributed by atoms with Gasteiger partial charge in [0.1, 0.15) is 0 Å². The van der Waals surface area contributed by atoms with Crippen LogP contribution in [0.3, 0.4) is 0 Å². The molecule has 0 aromatic heterocycles. The molecular formula is C13H21F3N2O. The van der Waals surface area contributed by atoms with Gasteiger partial charge in [-0.1, -0.05) is 6.42 Å². The molecule has 1 amide bonds. The first kappa shape index (κ1) is 14.6. The Balaban J connectivity index is 1.67. The molecule has 2 rings (SSSR count). The van der Waals surface area contributed by atoms with Crippen molar-refractivity contribution in [2.24, 2.45) is 11.8 Å². The summed E-state index contributed by atoms with van der Waals surface area (Å²) in [4.78, 5) is 11.6. The summed E-state index contributed by atoms with van der Waals surface area (Å²) in [6, 6.07) is -0.324. The molecule has 0 heterocycles. The van der Waals surface area contributed by atoms with E-state index in [0.717, 1.165) is 6.54 Å². The van der Waals surface area contributed by atoms with Crippen LogP contribution in [0.15, 0.2) is 0 Å². The highest BCUT2D eigenvalue weighted by Gasteiger charge is 2.42. The zero-order valence-corrected chi connectivity index (χ0v) is 10.9. The average molecular weight is 278 g/mol. The number of alkyl halides is 3. The largest absolute Gasteiger partial charge is 0.391 e. The summed E-state index contributed by atoms with van der Waals surface area (Å²) in [5.41, 5.74) is 0. The standard InChI is InChI=1S/C13H21F3N2O/c14-13(15,16)10-2-1-3-11(6-10)18-12(19)8-17-7-9-4-5-9/h9-11,17H,1-8H2,(H,18,19). The van der Waals surface area contributed by atoms with E-state index in [1.165, 1.54) is 12.8 Å². The van der Waals surface area contributed by atoms with Crippen LogP contribution in [0.5, 0.6) is 0 Å². The molecule has 3 nitrogen and oxygen atoms in total. The number of carbonyl (C=O) groups is 1. The van der Waals surface area contributed by atoms with Crippen molar-refractivity contribution in [2.45, 2.75) is 50.7 Å². The first-order chi connectivity index (χ1) is 8.95. The maximum Gasteiger partial charge on any atom is 0.391 e.